The van der Waals surface area contributed by atoms with Crippen molar-refractivity contribution in [1.82, 2.24) is 9.88 Å². The minimum atomic E-state index is 0.158. The van der Waals surface area contributed by atoms with E-state index in [0.717, 1.165) is 35.5 Å². The van der Waals surface area contributed by atoms with Crippen molar-refractivity contribution in [3.05, 3.63) is 36.0 Å². The van der Waals surface area contributed by atoms with Crippen molar-refractivity contribution in [2.45, 2.75) is 26.2 Å². The monoisotopic (exact) mass is 256 g/mol. The molecule has 0 atom stereocenters. The molecule has 100 valence electrons. The average molecular weight is 256 g/mol. The molecule has 1 aliphatic carbocycles. The van der Waals surface area contributed by atoms with Crippen LogP contribution in [0.5, 0.6) is 0 Å². The van der Waals surface area contributed by atoms with Crippen LogP contribution in [0.1, 0.15) is 36.5 Å². The third-order valence-corrected chi connectivity index (χ3v) is 4.17. The lowest BCUT2D eigenvalue weighted by Gasteiger charge is -2.31. The van der Waals surface area contributed by atoms with Crippen molar-refractivity contribution in [2.24, 2.45) is 5.92 Å². The molecule has 0 bridgehead atoms. The molecule has 0 radical (unpaired) electrons. The Kier molecular flexibility index (Phi) is 3.28. The van der Waals surface area contributed by atoms with Crippen LogP contribution >= 0.6 is 0 Å². The third kappa shape index (κ3) is 2.37. The Morgan fingerprint density at radius 3 is 2.89 bits per heavy atom. The van der Waals surface area contributed by atoms with Crippen molar-refractivity contribution >= 4 is 16.8 Å². The lowest BCUT2D eigenvalue weighted by Crippen LogP contribution is -2.37. The number of H-pyrrole nitrogens is 1. The van der Waals surface area contributed by atoms with Gasteiger partial charge >= 0.3 is 0 Å². The van der Waals surface area contributed by atoms with Crippen LogP contribution in [0.15, 0.2) is 30.5 Å². The van der Waals surface area contributed by atoms with Gasteiger partial charge < -0.3 is 9.88 Å². The fourth-order valence-electron chi connectivity index (χ4n) is 2.71. The van der Waals surface area contributed by atoms with Gasteiger partial charge in [0, 0.05) is 30.4 Å². The van der Waals surface area contributed by atoms with Gasteiger partial charge in [0.1, 0.15) is 0 Å². The van der Waals surface area contributed by atoms with Crippen LogP contribution in [-0.4, -0.2) is 28.9 Å². The van der Waals surface area contributed by atoms with Crippen LogP contribution in [0.25, 0.3) is 10.9 Å². The summed E-state index contributed by atoms with van der Waals surface area (Å²) in [4.78, 5) is 17.7. The van der Waals surface area contributed by atoms with E-state index in [0.29, 0.717) is 0 Å². The molecule has 0 saturated heterocycles. The molecule has 0 unspecified atom stereocenters. The van der Waals surface area contributed by atoms with E-state index in [1.165, 1.54) is 19.3 Å². The molecule has 1 aromatic carbocycles. The Morgan fingerprint density at radius 1 is 1.37 bits per heavy atom. The van der Waals surface area contributed by atoms with Crippen molar-refractivity contribution in [3.63, 3.8) is 0 Å². The highest BCUT2D eigenvalue weighted by Gasteiger charge is 2.23. The number of fused-ring (bicyclic) bond motifs is 1. The molecular formula is C16H20N2O. The number of aromatic amines is 1. The number of hydrogen-bond acceptors (Lipinski definition) is 1. The number of carbonyl (C=O) groups excluding carboxylic acids is 1. The summed E-state index contributed by atoms with van der Waals surface area (Å²) in [6.07, 6.45) is 5.79. The highest BCUT2D eigenvalue weighted by atomic mass is 16.2. The van der Waals surface area contributed by atoms with Crippen LogP contribution < -0.4 is 0 Å². The topological polar surface area (TPSA) is 36.1 Å². The zero-order chi connectivity index (χ0) is 13.2. The first kappa shape index (κ1) is 12.3. The van der Waals surface area contributed by atoms with Gasteiger partial charge in [0.15, 0.2) is 0 Å². The van der Waals surface area contributed by atoms with Crippen molar-refractivity contribution in [1.29, 1.82) is 0 Å². The molecule has 1 saturated carbocycles. The quantitative estimate of drug-likeness (QED) is 0.893. The summed E-state index contributed by atoms with van der Waals surface area (Å²) in [6.45, 7) is 3.76. The summed E-state index contributed by atoms with van der Waals surface area (Å²) in [5.41, 5.74) is 1.82. The normalized spacial score (nSPS) is 15.4. The van der Waals surface area contributed by atoms with E-state index < -0.39 is 0 Å². The second-order valence-electron chi connectivity index (χ2n) is 5.42. The maximum absolute atomic E-state index is 12.5. The van der Waals surface area contributed by atoms with E-state index in [1.807, 2.05) is 35.4 Å². The van der Waals surface area contributed by atoms with E-state index in [2.05, 4.69) is 11.9 Å². The molecule has 3 heteroatoms. The van der Waals surface area contributed by atoms with Crippen LogP contribution in [0, 0.1) is 5.92 Å². The molecule has 1 N–H and O–H groups in total. The second-order valence-corrected chi connectivity index (χ2v) is 5.42. The van der Waals surface area contributed by atoms with Crippen LogP contribution in [0.3, 0.4) is 0 Å². The van der Waals surface area contributed by atoms with Gasteiger partial charge in [-0.2, -0.15) is 0 Å². The fourth-order valence-corrected chi connectivity index (χ4v) is 2.71. The number of benzene rings is 1. The summed E-state index contributed by atoms with van der Waals surface area (Å²) in [5.74, 6) is 0.879. The minimum Gasteiger partial charge on any atom is -0.361 e. The molecule has 1 heterocycles. The maximum atomic E-state index is 12.5. The van der Waals surface area contributed by atoms with Gasteiger partial charge in [0.2, 0.25) is 0 Å². The minimum absolute atomic E-state index is 0.158. The zero-order valence-corrected chi connectivity index (χ0v) is 11.4. The number of rotatable bonds is 4. The summed E-state index contributed by atoms with van der Waals surface area (Å²) in [6, 6.07) is 7.93. The van der Waals surface area contributed by atoms with Crippen LogP contribution in [0.2, 0.25) is 0 Å². The molecule has 1 aromatic heterocycles. The Morgan fingerprint density at radius 2 is 2.21 bits per heavy atom. The first-order chi connectivity index (χ1) is 9.28. The van der Waals surface area contributed by atoms with E-state index >= 15 is 0 Å². The smallest absolute Gasteiger partial charge is 0.253 e. The highest BCUT2D eigenvalue weighted by molar-refractivity contribution is 5.97. The maximum Gasteiger partial charge on any atom is 0.253 e. The molecule has 3 nitrogen and oxygen atoms in total. The summed E-state index contributed by atoms with van der Waals surface area (Å²) < 4.78 is 0. The van der Waals surface area contributed by atoms with Gasteiger partial charge in [-0.25, -0.2) is 0 Å². The molecular weight excluding hydrogens is 236 g/mol. The van der Waals surface area contributed by atoms with Gasteiger partial charge in [-0.15, -0.1) is 0 Å². The van der Waals surface area contributed by atoms with Gasteiger partial charge in [-0.3, -0.25) is 4.79 Å². The van der Waals surface area contributed by atoms with Crippen molar-refractivity contribution in [3.8, 4) is 0 Å². The summed E-state index contributed by atoms with van der Waals surface area (Å²) >= 11 is 0. The molecule has 0 aliphatic heterocycles. The predicted octanol–water partition coefficient (Wildman–Crippen LogP) is 3.43. The van der Waals surface area contributed by atoms with Crippen LogP contribution in [-0.2, 0) is 0 Å². The molecule has 19 heavy (non-hydrogen) atoms. The number of carbonyl (C=O) groups is 1. The van der Waals surface area contributed by atoms with Crippen molar-refractivity contribution in [2.75, 3.05) is 13.1 Å². The Bertz CT molecular complexity index is 583. The zero-order valence-electron chi connectivity index (χ0n) is 11.4. The van der Waals surface area contributed by atoms with Gasteiger partial charge in [0.25, 0.3) is 5.91 Å². The number of aromatic nitrogens is 1. The third-order valence-electron chi connectivity index (χ3n) is 4.17. The first-order valence-electron chi connectivity index (χ1n) is 7.14. The summed E-state index contributed by atoms with van der Waals surface area (Å²) in [7, 11) is 0. The van der Waals surface area contributed by atoms with E-state index in [-0.39, 0.29) is 5.91 Å². The van der Waals surface area contributed by atoms with Gasteiger partial charge in [-0.05, 0) is 49.3 Å². The lowest BCUT2D eigenvalue weighted by molar-refractivity contribution is 0.0706. The highest BCUT2D eigenvalue weighted by Crippen LogP contribution is 2.27. The number of nitrogens with one attached hydrogen (secondary N) is 1. The Balaban J connectivity index is 1.79. The van der Waals surface area contributed by atoms with Gasteiger partial charge in [-0.1, -0.05) is 12.5 Å². The molecule has 1 amide bonds. The number of nitrogens with zero attached hydrogens (tertiary/aromatic N) is 1. The molecule has 0 spiro atoms. The molecule has 1 aliphatic rings. The number of amides is 1. The predicted molar refractivity (Wildman–Crippen MR) is 77.2 cm³/mol. The van der Waals surface area contributed by atoms with E-state index in [1.54, 1.807) is 0 Å². The van der Waals surface area contributed by atoms with Crippen molar-refractivity contribution < 1.29 is 4.79 Å². The molecule has 3 rings (SSSR count). The largest absolute Gasteiger partial charge is 0.361 e. The lowest BCUT2D eigenvalue weighted by atomic mass is 9.85. The molecule has 2 aromatic rings. The van der Waals surface area contributed by atoms with Gasteiger partial charge in [0.05, 0.1) is 0 Å². The van der Waals surface area contributed by atoms with Crippen LogP contribution in [0.4, 0.5) is 0 Å². The first-order valence-corrected chi connectivity index (χ1v) is 7.14. The fraction of sp³-hybridized carbons (Fsp3) is 0.438. The SMILES string of the molecule is CCN(CC1CCC1)C(=O)c1ccc2cc[nH]c2c1. The number of hydrogen-bond donors (Lipinski definition) is 1. The standard InChI is InChI=1S/C16H20N2O/c1-2-18(11-12-4-3-5-12)16(19)14-7-6-13-8-9-17-15(13)10-14/h6-10,12,17H,2-5,11H2,1H3. The van der Waals surface area contributed by atoms with E-state index in [4.69, 9.17) is 0 Å². The summed E-state index contributed by atoms with van der Waals surface area (Å²) in [5, 5.41) is 1.15. The van der Waals surface area contributed by atoms with E-state index in [9.17, 15) is 4.79 Å². The second kappa shape index (κ2) is 5.08. The Labute approximate surface area is 113 Å². The Hall–Kier alpha value is -1.77. The average Bonchev–Trinajstić information content (AvgIpc) is 2.84. The molecule has 1 fully saturated rings.